The average molecular weight is 578 g/mol. The van der Waals surface area contributed by atoms with E-state index < -0.39 is 24.6 Å². The molecule has 1 aliphatic heterocycles. The first-order chi connectivity index (χ1) is 18.6. The van der Waals surface area contributed by atoms with Crippen LogP contribution in [0, 0.1) is 5.82 Å². The van der Waals surface area contributed by atoms with Crippen LogP contribution >= 0.6 is 7.82 Å². The standard InChI is InChI=1S/C31H45FNO6P/c1-9-10-19-35-28-16-15-26(20-27(28)32)25-13-11-24(12-14-25)17-18-31(21-36-23(2)33-31)22-37-40(34,38-29(3,4)5)39-30(6,7)8/h11-16,20H,9-10,17-19,21-22H2,1-8H3. The van der Waals surface area contributed by atoms with E-state index in [1.54, 1.807) is 54.5 Å². The topological polar surface area (TPSA) is 75.6 Å². The highest BCUT2D eigenvalue weighted by Crippen LogP contribution is 2.56. The number of phosphoric ester groups is 1. The molecule has 2 aromatic carbocycles. The highest BCUT2D eigenvalue weighted by molar-refractivity contribution is 7.48. The Morgan fingerprint density at radius 1 is 1.00 bits per heavy atom. The second-order valence-corrected chi connectivity index (χ2v) is 13.8. The molecule has 3 rings (SSSR count). The highest BCUT2D eigenvalue weighted by atomic mass is 31.2. The third-order valence-electron chi connectivity index (χ3n) is 6.06. The summed E-state index contributed by atoms with van der Waals surface area (Å²) in [5, 5.41) is 0. The molecular weight excluding hydrogens is 532 g/mol. The maximum atomic E-state index is 14.5. The molecule has 1 heterocycles. The van der Waals surface area contributed by atoms with Crippen molar-refractivity contribution in [1.82, 2.24) is 0 Å². The Morgan fingerprint density at radius 2 is 1.62 bits per heavy atom. The van der Waals surface area contributed by atoms with Gasteiger partial charge in [0, 0.05) is 6.92 Å². The van der Waals surface area contributed by atoms with Gasteiger partial charge in [-0.1, -0.05) is 43.7 Å². The van der Waals surface area contributed by atoms with Gasteiger partial charge in [0.25, 0.3) is 0 Å². The minimum absolute atomic E-state index is 0.0256. The van der Waals surface area contributed by atoms with E-state index in [1.165, 1.54) is 6.07 Å². The Balaban J connectivity index is 1.69. The summed E-state index contributed by atoms with van der Waals surface area (Å²) < 4.78 is 56.8. The third-order valence-corrected chi connectivity index (χ3v) is 8.05. The average Bonchev–Trinajstić information content (AvgIpc) is 3.22. The van der Waals surface area contributed by atoms with Crippen LogP contribution in [0.5, 0.6) is 5.75 Å². The molecule has 1 aliphatic rings. The smallest absolute Gasteiger partial charge is 0.475 e. The molecule has 7 nitrogen and oxygen atoms in total. The third kappa shape index (κ3) is 9.99. The number of aliphatic imine (C=N–C) groups is 1. The molecule has 0 spiro atoms. The summed E-state index contributed by atoms with van der Waals surface area (Å²) in [6.45, 7) is 15.5. The van der Waals surface area contributed by atoms with Gasteiger partial charge in [-0.3, -0.25) is 13.6 Å². The first-order valence-corrected chi connectivity index (χ1v) is 15.4. The number of unbranched alkanes of at least 4 members (excludes halogenated alkanes) is 1. The van der Waals surface area contributed by atoms with Crippen LogP contribution in [0.1, 0.15) is 80.2 Å². The van der Waals surface area contributed by atoms with Crippen molar-refractivity contribution in [3.63, 3.8) is 0 Å². The van der Waals surface area contributed by atoms with Crippen LogP contribution in [-0.4, -0.2) is 42.5 Å². The van der Waals surface area contributed by atoms with Gasteiger partial charge in [-0.05, 0) is 89.6 Å². The Morgan fingerprint density at radius 3 is 2.15 bits per heavy atom. The summed E-state index contributed by atoms with van der Waals surface area (Å²) in [6, 6.07) is 13.1. The monoisotopic (exact) mass is 577 g/mol. The largest absolute Gasteiger partial charge is 0.491 e. The molecule has 40 heavy (non-hydrogen) atoms. The molecule has 1 atom stereocenters. The van der Waals surface area contributed by atoms with Crippen molar-refractivity contribution in [2.45, 2.75) is 97.8 Å². The van der Waals surface area contributed by atoms with Crippen LogP contribution in [0.15, 0.2) is 47.5 Å². The molecule has 0 saturated heterocycles. The zero-order chi connectivity index (χ0) is 29.6. The lowest BCUT2D eigenvalue weighted by Crippen LogP contribution is -2.36. The van der Waals surface area contributed by atoms with Crippen LogP contribution in [0.25, 0.3) is 11.1 Å². The summed E-state index contributed by atoms with van der Waals surface area (Å²) in [4.78, 5) is 4.72. The number of halogens is 1. The molecule has 9 heteroatoms. The molecule has 0 radical (unpaired) electrons. The number of benzene rings is 2. The molecule has 0 saturated carbocycles. The lowest BCUT2D eigenvalue weighted by atomic mass is 9.93. The number of rotatable bonds is 13. The first-order valence-electron chi connectivity index (χ1n) is 14.0. The second kappa shape index (κ2) is 13.2. The van der Waals surface area contributed by atoms with Gasteiger partial charge in [0.2, 0.25) is 0 Å². The van der Waals surface area contributed by atoms with Gasteiger partial charge in [-0.2, -0.15) is 0 Å². The maximum absolute atomic E-state index is 14.5. The number of hydrogen-bond acceptors (Lipinski definition) is 7. The van der Waals surface area contributed by atoms with E-state index in [0.717, 1.165) is 29.5 Å². The minimum atomic E-state index is -3.89. The fourth-order valence-electron chi connectivity index (χ4n) is 4.22. The zero-order valence-electron chi connectivity index (χ0n) is 25.2. The van der Waals surface area contributed by atoms with E-state index in [-0.39, 0.29) is 18.2 Å². The first kappa shape index (κ1) is 32.3. The molecule has 0 bridgehead atoms. The number of aryl methyl sites for hydroxylation is 1. The van der Waals surface area contributed by atoms with E-state index in [2.05, 4.69) is 6.92 Å². The van der Waals surface area contributed by atoms with Crippen LogP contribution in [0.3, 0.4) is 0 Å². The highest BCUT2D eigenvalue weighted by Gasteiger charge is 2.43. The van der Waals surface area contributed by atoms with Gasteiger partial charge in [-0.25, -0.2) is 13.9 Å². The van der Waals surface area contributed by atoms with Crippen molar-refractivity contribution in [2.24, 2.45) is 4.99 Å². The van der Waals surface area contributed by atoms with Gasteiger partial charge in [0.15, 0.2) is 17.5 Å². The van der Waals surface area contributed by atoms with E-state index in [1.807, 2.05) is 30.3 Å². The van der Waals surface area contributed by atoms with E-state index in [0.29, 0.717) is 32.0 Å². The van der Waals surface area contributed by atoms with Gasteiger partial charge in [-0.15, -0.1) is 0 Å². The Bertz CT molecular complexity index is 1180. The Hall–Kier alpha value is -2.25. The molecule has 0 N–H and O–H groups in total. The van der Waals surface area contributed by atoms with Crippen molar-refractivity contribution >= 4 is 13.7 Å². The number of hydrogen-bond donors (Lipinski definition) is 0. The lowest BCUT2D eigenvalue weighted by molar-refractivity contribution is -0.00465. The number of ether oxygens (including phenoxy) is 2. The minimum Gasteiger partial charge on any atom is -0.491 e. The predicted octanol–water partition coefficient (Wildman–Crippen LogP) is 8.55. The number of phosphoric acid groups is 1. The van der Waals surface area contributed by atoms with Crippen molar-refractivity contribution in [3.05, 3.63) is 53.8 Å². The SMILES string of the molecule is CCCCOc1ccc(-c2ccc(CCC3(COP(=O)(OC(C)(C)C)OC(C)(C)C)COC(C)=N3)cc2)cc1F. The van der Waals surface area contributed by atoms with Crippen LogP contribution in [0.2, 0.25) is 0 Å². The molecule has 2 aromatic rings. The Kier molecular flexibility index (Phi) is 10.6. The summed E-state index contributed by atoms with van der Waals surface area (Å²) in [7, 11) is -3.89. The lowest BCUT2D eigenvalue weighted by Gasteiger charge is -2.33. The molecule has 0 aliphatic carbocycles. The van der Waals surface area contributed by atoms with Crippen LogP contribution in [0.4, 0.5) is 4.39 Å². The Labute approximate surface area is 239 Å². The fourth-order valence-corrected chi connectivity index (χ4v) is 6.10. The van der Waals surface area contributed by atoms with Gasteiger partial charge < -0.3 is 9.47 Å². The molecule has 222 valence electrons. The van der Waals surface area contributed by atoms with Gasteiger partial charge in [0.1, 0.15) is 12.1 Å². The van der Waals surface area contributed by atoms with Crippen molar-refractivity contribution in [1.29, 1.82) is 0 Å². The molecular formula is C31H45FNO6P. The van der Waals surface area contributed by atoms with Crippen LogP contribution in [-0.2, 0) is 29.3 Å². The fraction of sp³-hybridized carbons (Fsp3) is 0.581. The van der Waals surface area contributed by atoms with Crippen LogP contribution < -0.4 is 4.74 Å². The van der Waals surface area contributed by atoms with E-state index >= 15 is 0 Å². The van der Waals surface area contributed by atoms with Crippen molar-refractivity contribution < 1.29 is 32.0 Å². The summed E-state index contributed by atoms with van der Waals surface area (Å²) in [5.74, 6) is 0.477. The molecule has 0 amide bonds. The zero-order valence-corrected chi connectivity index (χ0v) is 26.1. The van der Waals surface area contributed by atoms with E-state index in [9.17, 15) is 8.96 Å². The summed E-state index contributed by atoms with van der Waals surface area (Å²) in [5.41, 5.74) is 0.604. The van der Waals surface area contributed by atoms with Gasteiger partial charge >= 0.3 is 7.82 Å². The quantitative estimate of drug-likeness (QED) is 0.175. The van der Waals surface area contributed by atoms with E-state index in [4.69, 9.17) is 28.0 Å². The number of nitrogens with zero attached hydrogens (tertiary/aromatic N) is 1. The predicted molar refractivity (Wildman–Crippen MR) is 158 cm³/mol. The second-order valence-electron chi connectivity index (χ2n) is 12.3. The van der Waals surface area contributed by atoms with Gasteiger partial charge in [0.05, 0.1) is 24.4 Å². The summed E-state index contributed by atoms with van der Waals surface area (Å²) >= 11 is 0. The maximum Gasteiger partial charge on any atom is 0.475 e. The van der Waals surface area contributed by atoms with Crippen molar-refractivity contribution in [3.8, 4) is 16.9 Å². The molecule has 1 unspecified atom stereocenters. The normalized spacial score (nSPS) is 18.0. The summed E-state index contributed by atoms with van der Waals surface area (Å²) in [6.07, 6.45) is 3.18. The van der Waals surface area contributed by atoms with Crippen molar-refractivity contribution in [2.75, 3.05) is 19.8 Å². The molecule has 0 aromatic heterocycles. The molecule has 0 fully saturated rings.